The Kier molecular flexibility index (Phi) is 10.6. The molecule has 3 aromatic rings. The number of rotatable bonds is 12. The largest absolute Gasteiger partial charge is 0.484 e. The third kappa shape index (κ3) is 7.95. The van der Waals surface area contributed by atoms with Gasteiger partial charge < -0.3 is 15.0 Å². The summed E-state index contributed by atoms with van der Waals surface area (Å²) in [5, 5.41) is 3.04. The van der Waals surface area contributed by atoms with Crippen molar-refractivity contribution in [1.82, 2.24) is 10.2 Å². The number of halogens is 1. The van der Waals surface area contributed by atoms with Crippen LogP contribution >= 0.6 is 15.9 Å². The first-order valence-corrected chi connectivity index (χ1v) is 13.2. The molecule has 6 heteroatoms. The maximum Gasteiger partial charge on any atom is 0.261 e. The fraction of sp³-hybridized carbons (Fsp3) is 0.333. The molecule has 0 aliphatic heterocycles. The van der Waals surface area contributed by atoms with Crippen LogP contribution in [0.3, 0.4) is 0 Å². The minimum Gasteiger partial charge on any atom is -0.484 e. The van der Waals surface area contributed by atoms with Crippen molar-refractivity contribution in [3.8, 4) is 5.75 Å². The van der Waals surface area contributed by atoms with Gasteiger partial charge in [0.05, 0.1) is 0 Å². The fourth-order valence-corrected chi connectivity index (χ4v) is 4.29. The molecule has 1 atom stereocenters. The summed E-state index contributed by atoms with van der Waals surface area (Å²) in [5.41, 5.74) is 4.03. The zero-order chi connectivity index (χ0) is 25.9. The lowest BCUT2D eigenvalue weighted by atomic mass is 10.0. The van der Waals surface area contributed by atoms with E-state index >= 15 is 0 Å². The third-order valence-corrected chi connectivity index (χ3v) is 7.32. The Bertz CT molecular complexity index is 1110. The standard InChI is InChI=1S/C30H35BrN2O3/c1-4-5-16-32-30(35)27(19-24-12-8-6-9-13-24)33(20-25-14-10-7-11-15-25)28(34)21-36-26-17-22(2)29(31)23(3)18-26/h6-15,17-18,27H,4-5,16,19-21H2,1-3H3,(H,32,35). The lowest BCUT2D eigenvalue weighted by Crippen LogP contribution is -2.51. The second kappa shape index (κ2) is 13.8. The molecular weight excluding hydrogens is 516 g/mol. The highest BCUT2D eigenvalue weighted by molar-refractivity contribution is 9.10. The molecule has 3 rings (SSSR count). The van der Waals surface area contributed by atoms with Gasteiger partial charge in [-0.15, -0.1) is 0 Å². The minimum atomic E-state index is -0.658. The number of nitrogens with one attached hydrogen (secondary N) is 1. The molecule has 0 fully saturated rings. The van der Waals surface area contributed by atoms with E-state index in [1.165, 1.54) is 0 Å². The van der Waals surface area contributed by atoms with Crippen molar-refractivity contribution in [2.24, 2.45) is 0 Å². The zero-order valence-corrected chi connectivity index (χ0v) is 22.9. The van der Waals surface area contributed by atoms with Crippen molar-refractivity contribution in [3.63, 3.8) is 0 Å². The van der Waals surface area contributed by atoms with Crippen LogP contribution in [0.5, 0.6) is 5.75 Å². The van der Waals surface area contributed by atoms with Crippen LogP contribution < -0.4 is 10.1 Å². The van der Waals surface area contributed by atoms with Crippen LogP contribution in [-0.4, -0.2) is 35.9 Å². The normalized spacial score (nSPS) is 11.6. The van der Waals surface area contributed by atoms with Crippen LogP contribution in [0.25, 0.3) is 0 Å². The van der Waals surface area contributed by atoms with Gasteiger partial charge in [-0.3, -0.25) is 9.59 Å². The fourth-order valence-electron chi connectivity index (χ4n) is 4.06. The maximum absolute atomic E-state index is 13.6. The van der Waals surface area contributed by atoms with E-state index in [0.717, 1.165) is 39.6 Å². The number of ether oxygens (including phenoxy) is 1. The molecule has 1 N–H and O–H groups in total. The van der Waals surface area contributed by atoms with Crippen LogP contribution in [0.2, 0.25) is 0 Å². The number of carbonyl (C=O) groups excluding carboxylic acids is 2. The summed E-state index contributed by atoms with van der Waals surface area (Å²) in [5.74, 6) is 0.254. The highest BCUT2D eigenvalue weighted by Crippen LogP contribution is 2.26. The molecule has 0 heterocycles. The smallest absolute Gasteiger partial charge is 0.261 e. The third-order valence-electron chi connectivity index (χ3n) is 6.07. The Hall–Kier alpha value is -3.12. The van der Waals surface area contributed by atoms with Gasteiger partial charge in [-0.2, -0.15) is 0 Å². The van der Waals surface area contributed by atoms with Gasteiger partial charge in [-0.05, 0) is 54.7 Å². The van der Waals surface area contributed by atoms with Gasteiger partial charge in [0.25, 0.3) is 5.91 Å². The van der Waals surface area contributed by atoms with Gasteiger partial charge in [-0.25, -0.2) is 0 Å². The van der Waals surface area contributed by atoms with E-state index < -0.39 is 6.04 Å². The molecular formula is C30H35BrN2O3. The van der Waals surface area contributed by atoms with Crippen LogP contribution in [0, 0.1) is 13.8 Å². The van der Waals surface area contributed by atoms with Crippen molar-refractivity contribution in [3.05, 3.63) is 99.5 Å². The van der Waals surface area contributed by atoms with E-state index in [0.29, 0.717) is 25.3 Å². The number of aryl methyl sites for hydroxylation is 2. The molecule has 1 unspecified atom stereocenters. The molecule has 190 valence electrons. The van der Waals surface area contributed by atoms with Crippen molar-refractivity contribution >= 4 is 27.7 Å². The number of nitrogens with zero attached hydrogens (tertiary/aromatic N) is 1. The van der Waals surface area contributed by atoms with E-state index in [9.17, 15) is 9.59 Å². The van der Waals surface area contributed by atoms with Gasteiger partial charge in [0.1, 0.15) is 11.8 Å². The number of hydrogen-bond donors (Lipinski definition) is 1. The molecule has 0 aliphatic rings. The molecule has 0 bridgehead atoms. The first kappa shape index (κ1) is 27.5. The van der Waals surface area contributed by atoms with Crippen molar-refractivity contribution in [2.75, 3.05) is 13.2 Å². The number of amides is 2. The molecule has 0 radical (unpaired) electrons. The summed E-state index contributed by atoms with van der Waals surface area (Å²) in [4.78, 5) is 28.7. The average Bonchev–Trinajstić information content (AvgIpc) is 2.89. The van der Waals surface area contributed by atoms with Crippen molar-refractivity contribution in [1.29, 1.82) is 0 Å². The van der Waals surface area contributed by atoms with Gasteiger partial charge in [0.15, 0.2) is 6.61 Å². The first-order valence-electron chi connectivity index (χ1n) is 12.4. The summed E-state index contributed by atoms with van der Waals surface area (Å²) in [6, 6.07) is 22.7. The molecule has 36 heavy (non-hydrogen) atoms. The van der Waals surface area contributed by atoms with E-state index in [1.807, 2.05) is 86.6 Å². The molecule has 0 spiro atoms. The van der Waals surface area contributed by atoms with E-state index in [1.54, 1.807) is 4.90 Å². The predicted molar refractivity (Wildman–Crippen MR) is 148 cm³/mol. The van der Waals surface area contributed by atoms with Gasteiger partial charge in [-0.1, -0.05) is 89.9 Å². The molecule has 0 saturated heterocycles. The van der Waals surface area contributed by atoms with Gasteiger partial charge in [0.2, 0.25) is 5.91 Å². The zero-order valence-electron chi connectivity index (χ0n) is 21.3. The first-order chi connectivity index (χ1) is 17.4. The second-order valence-corrected chi connectivity index (χ2v) is 9.81. The van der Waals surface area contributed by atoms with Gasteiger partial charge in [0, 0.05) is 24.0 Å². The van der Waals surface area contributed by atoms with Crippen LogP contribution in [0.1, 0.15) is 42.0 Å². The monoisotopic (exact) mass is 550 g/mol. The quantitative estimate of drug-likeness (QED) is 0.281. The topological polar surface area (TPSA) is 58.6 Å². The van der Waals surface area contributed by atoms with Gasteiger partial charge >= 0.3 is 0 Å². The Balaban J connectivity index is 1.87. The van der Waals surface area contributed by atoms with E-state index in [4.69, 9.17) is 4.74 Å². The Morgan fingerprint density at radius 2 is 1.53 bits per heavy atom. The highest BCUT2D eigenvalue weighted by atomic mass is 79.9. The van der Waals surface area contributed by atoms with Crippen LogP contribution in [0.4, 0.5) is 0 Å². The van der Waals surface area contributed by atoms with E-state index in [-0.39, 0.29) is 18.4 Å². The maximum atomic E-state index is 13.6. The summed E-state index contributed by atoms with van der Waals surface area (Å²) in [7, 11) is 0. The average molecular weight is 552 g/mol. The second-order valence-electron chi connectivity index (χ2n) is 9.02. The number of unbranched alkanes of at least 4 members (excludes halogenated alkanes) is 1. The van der Waals surface area contributed by atoms with Crippen LogP contribution in [0.15, 0.2) is 77.3 Å². The summed E-state index contributed by atoms with van der Waals surface area (Å²) < 4.78 is 6.96. The number of carbonyl (C=O) groups is 2. The molecule has 0 aliphatic carbocycles. The Morgan fingerprint density at radius 1 is 0.944 bits per heavy atom. The van der Waals surface area contributed by atoms with Crippen molar-refractivity contribution in [2.45, 2.75) is 52.6 Å². The highest BCUT2D eigenvalue weighted by Gasteiger charge is 2.30. The minimum absolute atomic E-state index is 0.146. The lowest BCUT2D eigenvalue weighted by Gasteiger charge is -2.31. The molecule has 5 nitrogen and oxygen atoms in total. The predicted octanol–water partition coefficient (Wildman–Crippen LogP) is 6.00. The number of hydrogen-bond acceptors (Lipinski definition) is 3. The Morgan fingerprint density at radius 3 is 2.11 bits per heavy atom. The van der Waals surface area contributed by atoms with Crippen molar-refractivity contribution < 1.29 is 14.3 Å². The van der Waals surface area contributed by atoms with Crippen LogP contribution in [-0.2, 0) is 22.6 Å². The molecule has 0 aromatic heterocycles. The number of benzene rings is 3. The molecule has 2 amide bonds. The summed E-state index contributed by atoms with van der Waals surface area (Å²) in [6.07, 6.45) is 2.30. The lowest BCUT2D eigenvalue weighted by molar-refractivity contribution is -0.142. The SMILES string of the molecule is CCCCNC(=O)C(Cc1ccccc1)N(Cc1ccccc1)C(=O)COc1cc(C)c(Br)c(C)c1. The summed E-state index contributed by atoms with van der Waals surface area (Å²) >= 11 is 3.57. The summed E-state index contributed by atoms with van der Waals surface area (Å²) in [6.45, 7) is 6.82. The Labute approximate surface area is 223 Å². The van der Waals surface area contributed by atoms with E-state index in [2.05, 4.69) is 28.2 Å². The molecule has 0 saturated carbocycles. The molecule has 3 aromatic carbocycles.